The second-order valence-corrected chi connectivity index (χ2v) is 3.90. The highest BCUT2D eigenvalue weighted by atomic mass is 16.5. The quantitative estimate of drug-likeness (QED) is 0.696. The Morgan fingerprint density at radius 3 is 2.94 bits per heavy atom. The third-order valence-corrected chi connectivity index (χ3v) is 2.43. The predicted octanol–water partition coefficient (Wildman–Crippen LogP) is 1.26. The van der Waals surface area contributed by atoms with Crippen molar-refractivity contribution in [2.24, 2.45) is 5.73 Å². The van der Waals surface area contributed by atoms with Gasteiger partial charge in [0, 0.05) is 12.6 Å². The molecule has 17 heavy (non-hydrogen) atoms. The van der Waals surface area contributed by atoms with E-state index in [0.717, 1.165) is 13.0 Å². The van der Waals surface area contributed by atoms with E-state index in [2.05, 4.69) is 11.4 Å². The minimum absolute atomic E-state index is 0.335. The standard InChI is InChI=1S/C13H19N3O/c1-11(9-14)16-7-4-8-17-13-6-3-2-5-12(13)10-15/h2-3,5-6,11,16H,4,7-9,14H2,1H3. The number of rotatable bonds is 7. The zero-order valence-corrected chi connectivity index (χ0v) is 10.1. The number of hydrogen-bond acceptors (Lipinski definition) is 4. The fraction of sp³-hybridized carbons (Fsp3) is 0.462. The van der Waals surface area contributed by atoms with Crippen LogP contribution >= 0.6 is 0 Å². The molecule has 0 aromatic heterocycles. The van der Waals surface area contributed by atoms with E-state index >= 15 is 0 Å². The van der Waals surface area contributed by atoms with Gasteiger partial charge >= 0.3 is 0 Å². The summed E-state index contributed by atoms with van der Waals surface area (Å²) in [5.74, 6) is 0.655. The van der Waals surface area contributed by atoms with E-state index in [1.54, 1.807) is 6.07 Å². The molecular weight excluding hydrogens is 214 g/mol. The van der Waals surface area contributed by atoms with Crippen LogP contribution < -0.4 is 15.8 Å². The van der Waals surface area contributed by atoms with Crippen molar-refractivity contribution < 1.29 is 4.74 Å². The lowest BCUT2D eigenvalue weighted by Gasteiger charge is -2.11. The number of benzene rings is 1. The first-order chi connectivity index (χ1) is 8.27. The number of nitrogens with two attached hydrogens (primary N) is 1. The van der Waals surface area contributed by atoms with Crippen LogP contribution in [0.3, 0.4) is 0 Å². The average Bonchev–Trinajstić information content (AvgIpc) is 2.38. The molecule has 0 spiro atoms. The Balaban J connectivity index is 2.25. The van der Waals surface area contributed by atoms with Crippen LogP contribution in [-0.4, -0.2) is 25.7 Å². The SMILES string of the molecule is CC(CN)NCCCOc1ccccc1C#N. The van der Waals surface area contributed by atoms with Crippen LogP contribution in [-0.2, 0) is 0 Å². The van der Waals surface area contributed by atoms with Crippen LogP contribution in [0, 0.1) is 11.3 Å². The highest BCUT2D eigenvalue weighted by Crippen LogP contribution is 2.16. The van der Waals surface area contributed by atoms with Gasteiger partial charge in [0.05, 0.1) is 12.2 Å². The lowest BCUT2D eigenvalue weighted by Crippen LogP contribution is -2.34. The molecule has 1 rings (SSSR count). The summed E-state index contributed by atoms with van der Waals surface area (Å²) in [5, 5.41) is 12.1. The highest BCUT2D eigenvalue weighted by Gasteiger charge is 2.01. The number of nitrogens with zero attached hydrogens (tertiary/aromatic N) is 1. The third-order valence-electron chi connectivity index (χ3n) is 2.43. The molecule has 1 unspecified atom stereocenters. The Kier molecular flexibility index (Phi) is 6.08. The molecule has 0 fully saturated rings. The molecule has 4 heteroatoms. The molecule has 0 saturated carbocycles. The number of ether oxygens (including phenoxy) is 1. The van der Waals surface area contributed by atoms with Crippen LogP contribution in [0.2, 0.25) is 0 Å². The molecule has 0 aliphatic rings. The Bertz CT molecular complexity index is 373. The van der Waals surface area contributed by atoms with Crippen molar-refractivity contribution in [3.8, 4) is 11.8 Å². The van der Waals surface area contributed by atoms with Crippen molar-refractivity contribution >= 4 is 0 Å². The molecule has 3 N–H and O–H groups in total. The van der Waals surface area contributed by atoms with Gasteiger partial charge in [-0.2, -0.15) is 5.26 Å². The molecule has 0 heterocycles. The van der Waals surface area contributed by atoms with Crippen LogP contribution in [0.1, 0.15) is 18.9 Å². The molecule has 0 bridgehead atoms. The summed E-state index contributed by atoms with van der Waals surface area (Å²) in [6, 6.07) is 9.70. The maximum absolute atomic E-state index is 8.87. The van der Waals surface area contributed by atoms with Gasteiger partial charge in [-0.1, -0.05) is 12.1 Å². The summed E-state index contributed by atoms with van der Waals surface area (Å²) < 4.78 is 5.55. The molecular formula is C13H19N3O. The summed E-state index contributed by atoms with van der Waals surface area (Å²) in [6.45, 7) is 4.15. The van der Waals surface area contributed by atoms with Gasteiger partial charge < -0.3 is 15.8 Å². The fourth-order valence-corrected chi connectivity index (χ4v) is 1.37. The highest BCUT2D eigenvalue weighted by molar-refractivity contribution is 5.42. The summed E-state index contributed by atoms with van der Waals surface area (Å²) in [4.78, 5) is 0. The molecule has 0 amide bonds. The largest absolute Gasteiger partial charge is 0.492 e. The number of nitriles is 1. The van der Waals surface area contributed by atoms with E-state index in [1.807, 2.05) is 25.1 Å². The fourth-order valence-electron chi connectivity index (χ4n) is 1.37. The minimum Gasteiger partial charge on any atom is -0.492 e. The maximum Gasteiger partial charge on any atom is 0.137 e. The number of hydrogen-bond donors (Lipinski definition) is 2. The van der Waals surface area contributed by atoms with E-state index in [1.165, 1.54) is 0 Å². The molecule has 1 aromatic carbocycles. The van der Waals surface area contributed by atoms with Gasteiger partial charge in [-0.3, -0.25) is 0 Å². The van der Waals surface area contributed by atoms with Gasteiger partial charge in [0.2, 0.25) is 0 Å². The van der Waals surface area contributed by atoms with E-state index in [-0.39, 0.29) is 0 Å². The average molecular weight is 233 g/mol. The molecule has 0 radical (unpaired) electrons. The third kappa shape index (κ3) is 4.85. The van der Waals surface area contributed by atoms with Gasteiger partial charge in [0.1, 0.15) is 11.8 Å². The van der Waals surface area contributed by atoms with Crippen molar-refractivity contribution in [2.45, 2.75) is 19.4 Å². The van der Waals surface area contributed by atoms with Gasteiger partial charge in [-0.05, 0) is 32.0 Å². The molecule has 1 aromatic rings. The molecule has 0 aliphatic carbocycles. The topological polar surface area (TPSA) is 71.1 Å². The van der Waals surface area contributed by atoms with E-state index in [4.69, 9.17) is 15.7 Å². The van der Waals surface area contributed by atoms with Gasteiger partial charge in [-0.15, -0.1) is 0 Å². The van der Waals surface area contributed by atoms with Gasteiger partial charge in [0.15, 0.2) is 0 Å². The first kappa shape index (κ1) is 13.5. The van der Waals surface area contributed by atoms with E-state index in [0.29, 0.717) is 30.5 Å². The normalized spacial score (nSPS) is 11.8. The summed E-state index contributed by atoms with van der Waals surface area (Å²) in [5.41, 5.74) is 6.07. The lowest BCUT2D eigenvalue weighted by atomic mass is 10.2. The van der Waals surface area contributed by atoms with Crippen LogP contribution in [0.5, 0.6) is 5.75 Å². The van der Waals surface area contributed by atoms with Crippen LogP contribution in [0.4, 0.5) is 0 Å². The van der Waals surface area contributed by atoms with Crippen molar-refractivity contribution in [1.82, 2.24) is 5.32 Å². The number of nitrogens with one attached hydrogen (secondary N) is 1. The second-order valence-electron chi connectivity index (χ2n) is 3.90. The summed E-state index contributed by atoms with van der Waals surface area (Å²) in [7, 11) is 0. The lowest BCUT2D eigenvalue weighted by molar-refractivity contribution is 0.305. The van der Waals surface area contributed by atoms with Crippen molar-refractivity contribution in [1.29, 1.82) is 5.26 Å². The molecule has 1 atom stereocenters. The Morgan fingerprint density at radius 1 is 1.47 bits per heavy atom. The second kappa shape index (κ2) is 7.66. The molecule has 0 saturated heterocycles. The van der Waals surface area contributed by atoms with Crippen LogP contribution in [0.15, 0.2) is 24.3 Å². The summed E-state index contributed by atoms with van der Waals surface area (Å²) >= 11 is 0. The summed E-state index contributed by atoms with van der Waals surface area (Å²) in [6.07, 6.45) is 0.893. The zero-order chi connectivity index (χ0) is 12.5. The van der Waals surface area contributed by atoms with E-state index in [9.17, 15) is 0 Å². The van der Waals surface area contributed by atoms with Crippen LogP contribution in [0.25, 0.3) is 0 Å². The molecule has 92 valence electrons. The van der Waals surface area contributed by atoms with Gasteiger partial charge in [-0.25, -0.2) is 0 Å². The molecule has 0 aliphatic heterocycles. The first-order valence-corrected chi connectivity index (χ1v) is 5.83. The predicted molar refractivity (Wildman–Crippen MR) is 67.8 cm³/mol. The number of para-hydroxylation sites is 1. The van der Waals surface area contributed by atoms with Crippen molar-refractivity contribution in [3.05, 3.63) is 29.8 Å². The first-order valence-electron chi connectivity index (χ1n) is 5.83. The van der Waals surface area contributed by atoms with Crippen molar-refractivity contribution in [3.63, 3.8) is 0 Å². The molecule has 4 nitrogen and oxygen atoms in total. The van der Waals surface area contributed by atoms with Crippen molar-refractivity contribution in [2.75, 3.05) is 19.7 Å². The minimum atomic E-state index is 0.335. The maximum atomic E-state index is 8.87. The monoisotopic (exact) mass is 233 g/mol. The Labute approximate surface area is 102 Å². The smallest absolute Gasteiger partial charge is 0.137 e. The van der Waals surface area contributed by atoms with E-state index < -0.39 is 0 Å². The Morgan fingerprint density at radius 2 is 2.24 bits per heavy atom. The zero-order valence-electron chi connectivity index (χ0n) is 10.1. The Hall–Kier alpha value is -1.57. The van der Waals surface area contributed by atoms with Gasteiger partial charge in [0.25, 0.3) is 0 Å².